The molecule has 1 heterocycles. The van der Waals surface area contributed by atoms with E-state index in [-0.39, 0.29) is 32.1 Å². The van der Waals surface area contributed by atoms with Crippen LogP contribution in [0.1, 0.15) is 105 Å². The van der Waals surface area contributed by atoms with Crippen molar-refractivity contribution in [2.24, 2.45) is 5.84 Å². The average molecular weight is 739 g/mol. The summed E-state index contributed by atoms with van der Waals surface area (Å²) in [7, 11) is 0. The number of carbonyl (C=O) groups excluding carboxylic acids is 4. The molecule has 0 aliphatic rings. The van der Waals surface area contributed by atoms with Crippen molar-refractivity contribution in [1.29, 1.82) is 0 Å². The molecule has 0 saturated carbocycles. The molecule has 0 unspecified atom stereocenters. The second-order valence-electron chi connectivity index (χ2n) is 15.2. The lowest BCUT2D eigenvalue weighted by Crippen LogP contribution is -2.41. The Labute approximate surface area is 308 Å². The SMILES string of the molecule is CC(C)(C)OC(=O)NCCCN(CCCCN(CCCN(CCCNC(=O)c1ccc(NN)nc1)C(=O)O)C(=O)OC(C)(C)C)C(=O)OC(C)(C)C. The standard InChI is InChI=1S/C35H62N8O9/c1-33(2,3)50-29(45)38-18-13-22-42(31(48)51-34(4,5)6)19-10-11-20-43(32(49)52-35(7,8)9)24-14-23-41(30(46)47)21-12-17-37-28(44)26-15-16-27(40-36)39-25-26/h15-16,25H,10-14,17-24,36H2,1-9H3,(H,37,44)(H,38,45)(H,39,40)(H,46,47). The summed E-state index contributed by atoms with van der Waals surface area (Å²) in [6.45, 7) is 18.2. The molecule has 0 aliphatic carbocycles. The summed E-state index contributed by atoms with van der Waals surface area (Å²) in [6.07, 6.45) is 1.08. The van der Waals surface area contributed by atoms with Crippen LogP contribution in [0.5, 0.6) is 0 Å². The zero-order chi connectivity index (χ0) is 39.5. The van der Waals surface area contributed by atoms with Gasteiger partial charge in [0.25, 0.3) is 5.91 Å². The number of nitrogens with zero attached hydrogens (tertiary/aromatic N) is 4. The Kier molecular flexibility index (Phi) is 19.0. The van der Waals surface area contributed by atoms with E-state index in [1.165, 1.54) is 11.1 Å². The molecule has 296 valence electrons. The normalized spacial score (nSPS) is 11.6. The Morgan fingerprint density at radius 2 is 1.10 bits per heavy atom. The van der Waals surface area contributed by atoms with Crippen molar-refractivity contribution >= 4 is 36.1 Å². The highest BCUT2D eigenvalue weighted by Crippen LogP contribution is 2.14. The monoisotopic (exact) mass is 738 g/mol. The number of nitrogen functional groups attached to an aromatic ring is 1. The molecule has 0 atom stereocenters. The Morgan fingerprint density at radius 1 is 0.654 bits per heavy atom. The molecular weight excluding hydrogens is 676 g/mol. The zero-order valence-corrected chi connectivity index (χ0v) is 32.5. The highest BCUT2D eigenvalue weighted by Gasteiger charge is 2.25. The summed E-state index contributed by atoms with van der Waals surface area (Å²) < 4.78 is 16.5. The molecule has 0 spiro atoms. The summed E-state index contributed by atoms with van der Waals surface area (Å²) in [4.78, 5) is 70.7. The van der Waals surface area contributed by atoms with E-state index in [0.717, 1.165) is 0 Å². The van der Waals surface area contributed by atoms with Crippen LogP contribution in [0, 0.1) is 0 Å². The Bertz CT molecular complexity index is 1270. The first-order valence-corrected chi connectivity index (χ1v) is 17.7. The number of rotatable bonds is 19. The molecule has 0 aliphatic heterocycles. The number of carbonyl (C=O) groups is 5. The van der Waals surface area contributed by atoms with Gasteiger partial charge in [-0.1, -0.05) is 0 Å². The Morgan fingerprint density at radius 3 is 1.54 bits per heavy atom. The van der Waals surface area contributed by atoms with Crippen LogP contribution < -0.4 is 21.9 Å². The minimum atomic E-state index is -1.10. The smallest absolute Gasteiger partial charge is 0.410 e. The van der Waals surface area contributed by atoms with Crippen LogP contribution in [0.25, 0.3) is 0 Å². The van der Waals surface area contributed by atoms with Crippen LogP contribution in [0.2, 0.25) is 0 Å². The third-order valence-corrected chi connectivity index (χ3v) is 6.87. The van der Waals surface area contributed by atoms with Gasteiger partial charge in [0.05, 0.1) is 5.56 Å². The van der Waals surface area contributed by atoms with Crippen molar-refractivity contribution in [3.05, 3.63) is 23.9 Å². The van der Waals surface area contributed by atoms with Gasteiger partial charge in [0.15, 0.2) is 0 Å². The number of amides is 5. The molecule has 17 heteroatoms. The first-order valence-electron chi connectivity index (χ1n) is 17.7. The predicted molar refractivity (Wildman–Crippen MR) is 197 cm³/mol. The summed E-state index contributed by atoms with van der Waals surface area (Å²) in [5.41, 5.74) is 0.695. The van der Waals surface area contributed by atoms with E-state index >= 15 is 0 Å². The minimum absolute atomic E-state index is 0.170. The van der Waals surface area contributed by atoms with Gasteiger partial charge in [0, 0.05) is 58.6 Å². The highest BCUT2D eigenvalue weighted by atomic mass is 16.6. The molecule has 1 rings (SSSR count). The number of anilines is 1. The van der Waals surface area contributed by atoms with E-state index in [9.17, 15) is 29.1 Å². The summed E-state index contributed by atoms with van der Waals surface area (Å²) in [6, 6.07) is 3.14. The van der Waals surface area contributed by atoms with Gasteiger partial charge in [-0.25, -0.2) is 30.0 Å². The maximum atomic E-state index is 13.1. The fourth-order valence-corrected chi connectivity index (χ4v) is 4.56. The third kappa shape index (κ3) is 21.0. The van der Waals surface area contributed by atoms with Gasteiger partial charge >= 0.3 is 24.4 Å². The Hall–Kier alpha value is -4.54. The number of hydrazine groups is 1. The molecule has 0 fully saturated rings. The molecule has 1 aromatic heterocycles. The van der Waals surface area contributed by atoms with Gasteiger partial charge in [-0.05, 0) is 107 Å². The van der Waals surface area contributed by atoms with Crippen molar-refractivity contribution < 1.29 is 43.3 Å². The molecule has 1 aromatic rings. The number of pyridine rings is 1. The number of nitrogens with two attached hydrogens (primary N) is 1. The van der Waals surface area contributed by atoms with E-state index in [2.05, 4.69) is 21.0 Å². The van der Waals surface area contributed by atoms with E-state index in [4.69, 9.17) is 20.1 Å². The molecule has 0 radical (unpaired) electrons. The molecular formula is C35H62N8O9. The van der Waals surface area contributed by atoms with Gasteiger partial charge in [0.2, 0.25) is 0 Å². The van der Waals surface area contributed by atoms with E-state index in [1.54, 1.807) is 84.2 Å². The second kappa shape index (κ2) is 21.7. The molecule has 5 amide bonds. The summed E-state index contributed by atoms with van der Waals surface area (Å²) in [5, 5.41) is 15.2. The second-order valence-corrected chi connectivity index (χ2v) is 15.2. The summed E-state index contributed by atoms with van der Waals surface area (Å²) >= 11 is 0. The van der Waals surface area contributed by atoms with Crippen LogP contribution in [-0.2, 0) is 14.2 Å². The quantitative estimate of drug-likeness (QED) is 0.0547. The van der Waals surface area contributed by atoms with E-state index < -0.39 is 41.2 Å². The number of aromatic nitrogens is 1. The van der Waals surface area contributed by atoms with Crippen molar-refractivity contribution in [2.75, 3.05) is 57.8 Å². The van der Waals surface area contributed by atoms with Crippen LogP contribution >= 0.6 is 0 Å². The van der Waals surface area contributed by atoms with Gasteiger partial charge in [-0.15, -0.1) is 0 Å². The van der Waals surface area contributed by atoms with Crippen LogP contribution in [0.3, 0.4) is 0 Å². The maximum Gasteiger partial charge on any atom is 0.410 e. The topological polar surface area (TPSA) is 218 Å². The molecule has 0 bridgehead atoms. The maximum absolute atomic E-state index is 13.1. The van der Waals surface area contributed by atoms with Crippen molar-refractivity contribution in [3.8, 4) is 0 Å². The van der Waals surface area contributed by atoms with E-state index in [0.29, 0.717) is 69.7 Å². The fourth-order valence-electron chi connectivity index (χ4n) is 4.56. The molecule has 17 nitrogen and oxygen atoms in total. The lowest BCUT2D eigenvalue weighted by Gasteiger charge is -2.29. The number of alkyl carbamates (subject to hydrolysis) is 1. The van der Waals surface area contributed by atoms with Gasteiger partial charge in [-0.2, -0.15) is 0 Å². The van der Waals surface area contributed by atoms with Gasteiger partial charge < -0.3 is 50.1 Å². The predicted octanol–water partition coefficient (Wildman–Crippen LogP) is 5.03. The van der Waals surface area contributed by atoms with Crippen LogP contribution in [-0.4, -0.2) is 124 Å². The number of ether oxygens (including phenoxy) is 3. The first kappa shape index (κ1) is 45.5. The molecule has 0 saturated heterocycles. The van der Waals surface area contributed by atoms with Gasteiger partial charge in [0.1, 0.15) is 22.6 Å². The van der Waals surface area contributed by atoms with Crippen molar-refractivity contribution in [2.45, 2.75) is 111 Å². The van der Waals surface area contributed by atoms with Gasteiger partial charge in [-0.3, -0.25) is 4.79 Å². The van der Waals surface area contributed by atoms with Crippen molar-refractivity contribution in [3.63, 3.8) is 0 Å². The number of hydrogen-bond donors (Lipinski definition) is 5. The largest absolute Gasteiger partial charge is 0.465 e. The molecule has 52 heavy (non-hydrogen) atoms. The number of hydrogen-bond acceptors (Lipinski definition) is 11. The number of carboxylic acid groups (broad SMARTS) is 1. The molecule has 6 N–H and O–H groups in total. The highest BCUT2D eigenvalue weighted by molar-refractivity contribution is 5.94. The lowest BCUT2D eigenvalue weighted by atomic mass is 10.2. The minimum Gasteiger partial charge on any atom is -0.465 e. The lowest BCUT2D eigenvalue weighted by molar-refractivity contribution is 0.0204. The average Bonchev–Trinajstić information content (AvgIpc) is 3.01. The number of unbranched alkanes of at least 4 members (excludes halogenated alkanes) is 1. The van der Waals surface area contributed by atoms with Crippen LogP contribution in [0.15, 0.2) is 18.3 Å². The zero-order valence-electron chi connectivity index (χ0n) is 32.5. The van der Waals surface area contributed by atoms with E-state index in [1.807, 2.05) is 0 Å². The Balaban J connectivity index is 2.71. The van der Waals surface area contributed by atoms with Crippen LogP contribution in [0.4, 0.5) is 25.0 Å². The fraction of sp³-hybridized carbons (Fsp3) is 0.714. The molecule has 0 aromatic carbocycles. The third-order valence-electron chi connectivity index (χ3n) is 6.87. The van der Waals surface area contributed by atoms with Crippen molar-refractivity contribution in [1.82, 2.24) is 30.3 Å². The first-order chi connectivity index (χ1) is 24.1. The summed E-state index contributed by atoms with van der Waals surface area (Å²) in [5.74, 6) is 5.38. The number of nitrogens with one attached hydrogen (secondary N) is 3.